The van der Waals surface area contributed by atoms with Crippen molar-refractivity contribution in [2.45, 2.75) is 20.8 Å². The van der Waals surface area contributed by atoms with Crippen LogP contribution in [0.4, 0.5) is 0 Å². The zero-order chi connectivity index (χ0) is 26.4. The molecule has 0 radical (unpaired) electrons. The SMILES string of the molecule is CCOC(=O)CP(C(=O)c1c(OCC)ccc2ccccc12)C(=O)c1c(OCC)ccc2ccccc12. The van der Waals surface area contributed by atoms with E-state index in [1.165, 1.54) is 0 Å². The van der Waals surface area contributed by atoms with Crippen LogP contribution in [-0.4, -0.2) is 43.0 Å². The third-order valence-electron chi connectivity index (χ3n) is 5.89. The second-order valence-corrected chi connectivity index (χ2v) is 10.2. The number of carbonyl (C=O) groups is 3. The van der Waals surface area contributed by atoms with Crippen molar-refractivity contribution in [2.75, 3.05) is 26.0 Å². The van der Waals surface area contributed by atoms with Gasteiger partial charge in [0.05, 0.1) is 45.0 Å². The molecular weight excluding hydrogens is 487 g/mol. The summed E-state index contributed by atoms with van der Waals surface area (Å²) in [5, 5.41) is 3.03. The summed E-state index contributed by atoms with van der Waals surface area (Å²) in [6, 6.07) is 22.1. The van der Waals surface area contributed by atoms with Gasteiger partial charge in [-0.25, -0.2) is 0 Å². The lowest BCUT2D eigenvalue weighted by Crippen LogP contribution is -2.18. The van der Waals surface area contributed by atoms with Gasteiger partial charge in [0, 0.05) is 0 Å². The normalized spacial score (nSPS) is 11.0. The maximum Gasteiger partial charge on any atom is 0.311 e. The molecule has 4 rings (SSSR count). The molecule has 0 heterocycles. The summed E-state index contributed by atoms with van der Waals surface area (Å²) in [6.07, 6.45) is -0.329. The van der Waals surface area contributed by atoms with Crippen molar-refractivity contribution in [1.82, 2.24) is 0 Å². The minimum atomic E-state index is -2.20. The fourth-order valence-electron chi connectivity index (χ4n) is 4.34. The smallest absolute Gasteiger partial charge is 0.311 e. The first-order valence-corrected chi connectivity index (χ1v) is 13.8. The lowest BCUT2D eigenvalue weighted by atomic mass is 10.0. The van der Waals surface area contributed by atoms with E-state index in [1.54, 1.807) is 19.1 Å². The molecule has 0 spiro atoms. The largest absolute Gasteiger partial charge is 0.493 e. The van der Waals surface area contributed by atoms with Gasteiger partial charge in [-0.1, -0.05) is 60.7 Å². The van der Waals surface area contributed by atoms with Crippen LogP contribution in [0.3, 0.4) is 0 Å². The molecule has 4 aromatic carbocycles. The third kappa shape index (κ3) is 5.50. The van der Waals surface area contributed by atoms with Crippen LogP contribution in [0.5, 0.6) is 11.5 Å². The number of fused-ring (bicyclic) bond motifs is 2. The predicted octanol–water partition coefficient (Wildman–Crippen LogP) is 6.82. The number of hydrogen-bond donors (Lipinski definition) is 0. The van der Waals surface area contributed by atoms with E-state index >= 15 is 0 Å². The van der Waals surface area contributed by atoms with Gasteiger partial charge >= 0.3 is 5.97 Å². The Bertz CT molecular complexity index is 1360. The Morgan fingerprint density at radius 2 is 1.08 bits per heavy atom. The van der Waals surface area contributed by atoms with E-state index in [2.05, 4.69) is 0 Å². The zero-order valence-corrected chi connectivity index (χ0v) is 22.0. The molecule has 6 nitrogen and oxygen atoms in total. The van der Waals surface area contributed by atoms with Crippen LogP contribution in [-0.2, 0) is 9.53 Å². The van der Waals surface area contributed by atoms with Crippen LogP contribution in [0, 0.1) is 0 Å². The molecular formula is C30H29O6P. The van der Waals surface area contributed by atoms with Crippen molar-refractivity contribution in [1.29, 1.82) is 0 Å². The molecule has 0 unspecified atom stereocenters. The second kappa shape index (κ2) is 12.0. The van der Waals surface area contributed by atoms with Gasteiger partial charge in [0.15, 0.2) is 11.0 Å². The standard InChI is InChI=1S/C30H29O6P/c1-4-34-24-17-15-20-11-7-9-13-22(20)27(24)29(32)37(19-26(31)36-6-3)30(33)28-23-14-10-8-12-21(23)16-18-25(28)35-5-2/h7-18H,4-6,19H2,1-3H3. The van der Waals surface area contributed by atoms with Gasteiger partial charge in [-0.15, -0.1) is 0 Å². The van der Waals surface area contributed by atoms with E-state index < -0.39 is 24.9 Å². The number of ether oxygens (including phenoxy) is 3. The molecule has 7 heteroatoms. The highest BCUT2D eigenvalue weighted by molar-refractivity contribution is 7.91. The minimum Gasteiger partial charge on any atom is -0.493 e. The average molecular weight is 517 g/mol. The second-order valence-electron chi connectivity index (χ2n) is 8.19. The Morgan fingerprint density at radius 3 is 1.51 bits per heavy atom. The van der Waals surface area contributed by atoms with Gasteiger partial charge in [0.1, 0.15) is 11.5 Å². The van der Waals surface area contributed by atoms with Crippen LogP contribution in [0.2, 0.25) is 0 Å². The first kappa shape index (κ1) is 26.3. The van der Waals surface area contributed by atoms with E-state index in [0.717, 1.165) is 10.8 Å². The van der Waals surface area contributed by atoms with Gasteiger partial charge in [-0.05, 0) is 54.4 Å². The van der Waals surface area contributed by atoms with Crippen molar-refractivity contribution in [3.8, 4) is 11.5 Å². The summed E-state index contributed by atoms with van der Waals surface area (Å²) >= 11 is 0. The van der Waals surface area contributed by atoms with Crippen LogP contribution in [0.15, 0.2) is 72.8 Å². The Morgan fingerprint density at radius 1 is 0.622 bits per heavy atom. The monoisotopic (exact) mass is 516 g/mol. The Labute approximate surface area is 217 Å². The number of hydrogen-bond acceptors (Lipinski definition) is 6. The first-order chi connectivity index (χ1) is 18.0. The lowest BCUT2D eigenvalue weighted by molar-refractivity contribution is -0.139. The minimum absolute atomic E-state index is 0.154. The maximum atomic E-state index is 14.3. The quantitative estimate of drug-likeness (QED) is 0.161. The molecule has 0 saturated heterocycles. The van der Waals surface area contributed by atoms with E-state index in [9.17, 15) is 14.4 Å². The molecule has 0 aliphatic carbocycles. The Kier molecular flexibility index (Phi) is 8.52. The summed E-state index contributed by atoms with van der Waals surface area (Å²) in [5.74, 6) is 0.184. The van der Waals surface area contributed by atoms with Crippen LogP contribution in [0.25, 0.3) is 21.5 Å². The van der Waals surface area contributed by atoms with Crippen molar-refractivity contribution in [3.05, 3.63) is 83.9 Å². The summed E-state index contributed by atoms with van der Waals surface area (Å²) in [6.45, 7) is 6.21. The molecule has 0 aliphatic heterocycles. The first-order valence-electron chi connectivity index (χ1n) is 12.3. The zero-order valence-electron chi connectivity index (χ0n) is 21.2. The molecule has 0 aliphatic rings. The molecule has 4 aromatic rings. The lowest BCUT2D eigenvalue weighted by Gasteiger charge is -2.20. The molecule has 190 valence electrons. The van der Waals surface area contributed by atoms with Crippen molar-refractivity contribution in [3.63, 3.8) is 0 Å². The Hall–Kier alpha value is -3.76. The fourth-order valence-corrected chi connectivity index (χ4v) is 6.16. The average Bonchev–Trinajstić information content (AvgIpc) is 2.91. The van der Waals surface area contributed by atoms with Gasteiger partial charge in [0.25, 0.3) is 0 Å². The highest BCUT2D eigenvalue weighted by Crippen LogP contribution is 2.49. The molecule has 0 atom stereocenters. The van der Waals surface area contributed by atoms with Crippen LogP contribution in [0.1, 0.15) is 41.5 Å². The number of benzene rings is 4. The summed E-state index contributed by atoms with van der Waals surface area (Å²) in [5.41, 5.74) is -0.240. The van der Waals surface area contributed by atoms with Crippen molar-refractivity contribution >= 4 is 46.5 Å². The van der Waals surface area contributed by atoms with E-state index in [-0.39, 0.29) is 12.8 Å². The predicted molar refractivity (Wildman–Crippen MR) is 147 cm³/mol. The maximum absolute atomic E-state index is 14.3. The third-order valence-corrected chi connectivity index (χ3v) is 7.89. The highest BCUT2D eigenvalue weighted by Gasteiger charge is 2.36. The molecule has 0 bridgehead atoms. The van der Waals surface area contributed by atoms with Crippen LogP contribution < -0.4 is 9.47 Å². The van der Waals surface area contributed by atoms with Crippen LogP contribution >= 0.6 is 7.92 Å². The summed E-state index contributed by atoms with van der Waals surface area (Å²) in [7, 11) is -2.20. The van der Waals surface area contributed by atoms with E-state index in [1.807, 2.05) is 74.5 Å². The highest BCUT2D eigenvalue weighted by atomic mass is 31.1. The van der Waals surface area contributed by atoms with Gasteiger partial charge in [-0.2, -0.15) is 0 Å². The summed E-state index contributed by atoms with van der Waals surface area (Å²) in [4.78, 5) is 41.3. The molecule has 0 saturated carbocycles. The molecule has 0 fully saturated rings. The van der Waals surface area contributed by atoms with Gasteiger partial charge < -0.3 is 14.2 Å². The van der Waals surface area contributed by atoms with Crippen molar-refractivity contribution < 1.29 is 28.6 Å². The Balaban J connectivity index is 1.92. The van der Waals surface area contributed by atoms with Gasteiger partial charge in [0.2, 0.25) is 0 Å². The molecule has 37 heavy (non-hydrogen) atoms. The van der Waals surface area contributed by atoms with E-state index in [4.69, 9.17) is 14.2 Å². The topological polar surface area (TPSA) is 78.9 Å². The van der Waals surface area contributed by atoms with Gasteiger partial charge in [-0.3, -0.25) is 14.4 Å². The fraction of sp³-hybridized carbons (Fsp3) is 0.233. The molecule has 0 amide bonds. The van der Waals surface area contributed by atoms with Crippen molar-refractivity contribution in [2.24, 2.45) is 0 Å². The van der Waals surface area contributed by atoms with E-state index in [0.29, 0.717) is 46.6 Å². The molecule has 0 aromatic heterocycles. The number of esters is 1. The molecule has 0 N–H and O–H groups in total. The number of carbonyl (C=O) groups excluding carboxylic acids is 3. The summed E-state index contributed by atoms with van der Waals surface area (Å²) < 4.78 is 16.8. The number of rotatable bonds is 11.